The molecule has 0 N–H and O–H groups in total. The van der Waals surface area contributed by atoms with E-state index in [0.717, 1.165) is 5.40 Å². The lowest BCUT2D eigenvalue weighted by Crippen LogP contribution is -2.13. The highest BCUT2D eigenvalue weighted by Crippen LogP contribution is 2.61. The molecule has 0 aliphatic carbocycles. The summed E-state index contributed by atoms with van der Waals surface area (Å²) in [6.07, 6.45) is 40.4. The molecule has 0 amide bonds. The predicted octanol–water partition coefficient (Wildman–Crippen LogP) is 13.3. The van der Waals surface area contributed by atoms with Gasteiger partial charge in [-0.15, -0.1) is 0 Å². The third kappa shape index (κ3) is 22.5. The van der Waals surface area contributed by atoms with Gasteiger partial charge in [-0.1, -0.05) is 166 Å². The smallest absolute Gasteiger partial charge is 0.000583 e. The van der Waals surface area contributed by atoms with Crippen LogP contribution in [0.15, 0.2) is 0 Å². The zero-order valence-electron chi connectivity index (χ0n) is 25.6. The summed E-state index contributed by atoms with van der Waals surface area (Å²) in [4.78, 5) is 0. The van der Waals surface area contributed by atoms with Crippen LogP contribution in [0.1, 0.15) is 182 Å². The third-order valence-corrected chi connectivity index (χ3v) is 15.6. The molecule has 0 radical (unpaired) electrons. The zero-order chi connectivity index (χ0) is 25.8. The van der Waals surface area contributed by atoms with Gasteiger partial charge in [-0.2, -0.15) is 0 Å². The minimum absolute atomic E-state index is 0.257. The number of rotatable bonds is 29. The molecule has 0 aromatic heterocycles. The van der Waals surface area contributed by atoms with Crippen molar-refractivity contribution in [3.63, 3.8) is 0 Å². The molecule has 0 aromatic carbocycles. The fraction of sp³-hybridized carbons (Fsp3) is 1.00. The first-order valence-corrected chi connectivity index (χ1v) is 20.3. The van der Waals surface area contributed by atoms with Gasteiger partial charge in [-0.25, -0.2) is 0 Å². The van der Waals surface area contributed by atoms with Crippen molar-refractivity contribution in [2.24, 2.45) is 0 Å². The van der Waals surface area contributed by atoms with Crippen LogP contribution in [0.3, 0.4) is 0 Å². The van der Waals surface area contributed by atoms with Crippen molar-refractivity contribution in [1.82, 2.24) is 0 Å². The highest BCUT2D eigenvalue weighted by atomic mass is 31.2. The monoisotopic (exact) mass is 528 g/mol. The molecule has 0 bridgehead atoms. The molecule has 0 nitrogen and oxygen atoms in total. The van der Waals surface area contributed by atoms with Gasteiger partial charge >= 0.3 is 0 Å². The summed E-state index contributed by atoms with van der Waals surface area (Å²) in [7, 11) is 0.514. The molecule has 0 saturated heterocycles. The van der Waals surface area contributed by atoms with E-state index in [1.165, 1.54) is 116 Å². The Bertz CT molecular complexity index is 323. The summed E-state index contributed by atoms with van der Waals surface area (Å²) < 4.78 is 0. The molecule has 0 unspecified atom stereocenters. The largest absolute Gasteiger partial charge is 0.0991 e. The summed E-state index contributed by atoms with van der Waals surface area (Å²) in [5, 5.41) is 1.15. The van der Waals surface area contributed by atoms with E-state index < -0.39 is 0 Å². The summed E-state index contributed by atoms with van der Waals surface area (Å²) in [6, 6.07) is 0. The van der Waals surface area contributed by atoms with Gasteiger partial charge < -0.3 is 0 Å². The van der Waals surface area contributed by atoms with Crippen molar-refractivity contribution in [3.8, 4) is 0 Å². The van der Waals surface area contributed by atoms with Crippen LogP contribution in [0, 0.1) is 0 Å². The van der Waals surface area contributed by atoms with Crippen LogP contribution < -0.4 is 0 Å². The second-order valence-electron chi connectivity index (χ2n) is 11.4. The number of hydrogen-bond acceptors (Lipinski definition) is 0. The zero-order valence-corrected chi connectivity index (χ0v) is 27.4. The van der Waals surface area contributed by atoms with E-state index in [1.54, 1.807) is 56.8 Å². The van der Waals surface area contributed by atoms with E-state index in [2.05, 4.69) is 34.6 Å². The van der Waals surface area contributed by atoms with E-state index >= 15 is 0 Å². The maximum Gasteiger partial charge on any atom is -0.000583 e. The van der Waals surface area contributed by atoms with Crippen molar-refractivity contribution in [1.29, 1.82) is 0 Å². The SMILES string of the molecule is CCCCCCCP(CCCCCCC)C(CCCC)P(CCCCCCC)CCCCCCC. The molecule has 0 rings (SSSR count). The number of unbranched alkanes of at least 4 members (excludes halogenated alkanes) is 17. The number of hydrogen-bond donors (Lipinski definition) is 0. The van der Waals surface area contributed by atoms with Crippen molar-refractivity contribution in [2.75, 3.05) is 24.6 Å². The first-order valence-electron chi connectivity index (χ1n) is 16.7. The van der Waals surface area contributed by atoms with Crippen LogP contribution in [0.25, 0.3) is 0 Å². The van der Waals surface area contributed by atoms with Gasteiger partial charge in [0.2, 0.25) is 0 Å². The Kier molecular flexibility index (Phi) is 30.1. The molecule has 0 aromatic rings. The Morgan fingerprint density at radius 1 is 0.314 bits per heavy atom. The molecule has 35 heavy (non-hydrogen) atoms. The van der Waals surface area contributed by atoms with Crippen LogP contribution >= 0.6 is 15.8 Å². The minimum atomic E-state index is 0.257. The summed E-state index contributed by atoms with van der Waals surface area (Å²) in [6.45, 7) is 11.9. The molecule has 212 valence electrons. The minimum Gasteiger partial charge on any atom is -0.0991 e. The molecular formula is C33H70P2. The van der Waals surface area contributed by atoms with Gasteiger partial charge in [0, 0.05) is 0 Å². The third-order valence-electron chi connectivity index (χ3n) is 7.85. The standard InChI is InChI=1S/C33H70P2/c1-6-11-16-20-24-29-34(30-25-21-17-12-7-2)33(28-15-10-5)35(31-26-22-18-13-8-3)32-27-23-19-14-9-4/h33H,6-32H2,1-5H3. The van der Waals surface area contributed by atoms with Gasteiger partial charge in [-0.05, 0) is 62.2 Å². The van der Waals surface area contributed by atoms with Crippen LogP contribution in [0.2, 0.25) is 0 Å². The molecule has 0 heterocycles. The van der Waals surface area contributed by atoms with Crippen LogP contribution in [-0.2, 0) is 0 Å². The summed E-state index contributed by atoms with van der Waals surface area (Å²) >= 11 is 0. The first-order chi connectivity index (χ1) is 17.2. The van der Waals surface area contributed by atoms with Gasteiger partial charge in [0.15, 0.2) is 0 Å². The highest BCUT2D eigenvalue weighted by Gasteiger charge is 2.27. The van der Waals surface area contributed by atoms with Crippen LogP contribution in [0.4, 0.5) is 0 Å². The summed E-state index contributed by atoms with van der Waals surface area (Å²) in [5.74, 6) is 0. The van der Waals surface area contributed by atoms with Crippen molar-refractivity contribution in [3.05, 3.63) is 0 Å². The maximum absolute atomic E-state index is 2.44. The van der Waals surface area contributed by atoms with Gasteiger partial charge in [0.05, 0.1) is 0 Å². The second-order valence-corrected chi connectivity index (χ2v) is 17.1. The van der Waals surface area contributed by atoms with E-state index in [1.807, 2.05) is 0 Å². The fourth-order valence-corrected chi connectivity index (χ4v) is 14.0. The average Bonchev–Trinajstić information content (AvgIpc) is 2.87. The lowest BCUT2D eigenvalue weighted by molar-refractivity contribution is 0.647. The Hall–Kier alpha value is 0.860. The maximum atomic E-state index is 2.44. The Labute approximate surface area is 227 Å². The molecule has 0 saturated carbocycles. The van der Waals surface area contributed by atoms with Gasteiger partial charge in [-0.3, -0.25) is 0 Å². The highest BCUT2D eigenvalue weighted by molar-refractivity contribution is 7.75. The van der Waals surface area contributed by atoms with Crippen LogP contribution in [0.5, 0.6) is 0 Å². The lowest BCUT2D eigenvalue weighted by Gasteiger charge is -2.36. The molecule has 0 aliphatic rings. The van der Waals surface area contributed by atoms with Crippen molar-refractivity contribution in [2.45, 2.75) is 188 Å². The fourth-order valence-electron chi connectivity index (χ4n) is 5.48. The Balaban J connectivity index is 5.23. The Morgan fingerprint density at radius 3 is 0.829 bits per heavy atom. The molecule has 0 atom stereocenters. The molecule has 2 heteroatoms. The first kappa shape index (κ1) is 35.9. The topological polar surface area (TPSA) is 0 Å². The normalized spacial score (nSPS) is 12.0. The molecular weight excluding hydrogens is 458 g/mol. The van der Waals surface area contributed by atoms with E-state index in [-0.39, 0.29) is 15.8 Å². The van der Waals surface area contributed by atoms with E-state index in [4.69, 9.17) is 0 Å². The molecule has 0 aliphatic heterocycles. The van der Waals surface area contributed by atoms with Crippen molar-refractivity contribution >= 4 is 15.8 Å². The molecule has 0 fully saturated rings. The van der Waals surface area contributed by atoms with E-state index in [9.17, 15) is 0 Å². The lowest BCUT2D eigenvalue weighted by atomic mass is 10.2. The average molecular weight is 529 g/mol. The second kappa shape index (κ2) is 29.4. The van der Waals surface area contributed by atoms with E-state index in [0.29, 0.717) is 0 Å². The van der Waals surface area contributed by atoms with Crippen LogP contribution in [-0.4, -0.2) is 30.0 Å². The van der Waals surface area contributed by atoms with Crippen molar-refractivity contribution < 1.29 is 0 Å². The summed E-state index contributed by atoms with van der Waals surface area (Å²) in [5.41, 5.74) is 0. The quantitative estimate of drug-likeness (QED) is 0.0669. The Morgan fingerprint density at radius 2 is 0.571 bits per heavy atom. The van der Waals surface area contributed by atoms with Gasteiger partial charge in [0.1, 0.15) is 0 Å². The predicted molar refractivity (Wildman–Crippen MR) is 172 cm³/mol. The molecule has 0 spiro atoms. The van der Waals surface area contributed by atoms with Gasteiger partial charge in [0.25, 0.3) is 0 Å².